The molecule has 3 heteroatoms. The van der Waals surface area contributed by atoms with Crippen LogP contribution in [0.15, 0.2) is 0 Å². The molecule has 0 aromatic rings. The van der Waals surface area contributed by atoms with E-state index in [9.17, 15) is 9.90 Å². The maximum atomic E-state index is 11.2. The van der Waals surface area contributed by atoms with Gasteiger partial charge in [0.2, 0.25) is 0 Å². The van der Waals surface area contributed by atoms with Crippen molar-refractivity contribution in [1.29, 1.82) is 0 Å². The zero-order valence-corrected chi connectivity index (χ0v) is 9.18. The molecule has 2 N–H and O–H groups in total. The third-order valence-corrected chi connectivity index (χ3v) is 3.12. The Morgan fingerprint density at radius 1 is 1.50 bits per heavy atom. The number of carboxylic acid groups (broad SMARTS) is 1. The van der Waals surface area contributed by atoms with Crippen LogP contribution < -0.4 is 5.32 Å². The summed E-state index contributed by atoms with van der Waals surface area (Å²) in [7, 11) is 0. The predicted molar refractivity (Wildman–Crippen MR) is 56.3 cm³/mol. The fourth-order valence-corrected chi connectivity index (χ4v) is 1.81. The Hall–Kier alpha value is -0.570. The molecule has 0 radical (unpaired) electrons. The summed E-state index contributed by atoms with van der Waals surface area (Å²) in [6, 6.07) is 0. The molecule has 14 heavy (non-hydrogen) atoms. The van der Waals surface area contributed by atoms with E-state index >= 15 is 0 Å². The quantitative estimate of drug-likeness (QED) is 0.659. The van der Waals surface area contributed by atoms with Crippen molar-refractivity contribution in [2.75, 3.05) is 6.54 Å². The van der Waals surface area contributed by atoms with Crippen LogP contribution in [0.2, 0.25) is 0 Å². The van der Waals surface area contributed by atoms with E-state index < -0.39 is 11.5 Å². The Bertz CT molecular complexity index is 201. The van der Waals surface area contributed by atoms with Crippen LogP contribution >= 0.6 is 0 Å². The lowest BCUT2D eigenvalue weighted by atomic mass is 9.90. The van der Waals surface area contributed by atoms with Crippen LogP contribution in [-0.2, 0) is 4.79 Å². The van der Waals surface area contributed by atoms with Gasteiger partial charge in [0.15, 0.2) is 0 Å². The molecular formula is C11H21NO2. The molecule has 0 aromatic heterocycles. The van der Waals surface area contributed by atoms with Crippen molar-refractivity contribution in [3.8, 4) is 0 Å². The third kappa shape index (κ3) is 2.71. The average molecular weight is 199 g/mol. The van der Waals surface area contributed by atoms with Gasteiger partial charge in [-0.3, -0.25) is 4.79 Å². The number of rotatable bonds is 7. The molecule has 0 bridgehead atoms. The van der Waals surface area contributed by atoms with E-state index in [1.165, 1.54) is 12.8 Å². The minimum absolute atomic E-state index is 0.669. The molecule has 1 rings (SSSR count). The molecule has 1 aliphatic carbocycles. The lowest BCUT2D eigenvalue weighted by Crippen LogP contribution is -2.52. The average Bonchev–Trinajstić information content (AvgIpc) is 2.95. The van der Waals surface area contributed by atoms with Crippen LogP contribution in [-0.4, -0.2) is 23.2 Å². The molecule has 1 fully saturated rings. The fraction of sp³-hybridized carbons (Fsp3) is 0.909. The van der Waals surface area contributed by atoms with Gasteiger partial charge in [-0.25, -0.2) is 0 Å². The molecule has 0 saturated heterocycles. The molecule has 0 aliphatic heterocycles. The van der Waals surface area contributed by atoms with E-state index in [4.69, 9.17) is 0 Å². The smallest absolute Gasteiger partial charge is 0.323 e. The van der Waals surface area contributed by atoms with E-state index in [2.05, 4.69) is 5.32 Å². The summed E-state index contributed by atoms with van der Waals surface area (Å²) in [5.41, 5.74) is -0.669. The molecule has 82 valence electrons. The van der Waals surface area contributed by atoms with Gasteiger partial charge in [0.25, 0.3) is 0 Å². The van der Waals surface area contributed by atoms with Crippen LogP contribution in [0.3, 0.4) is 0 Å². The van der Waals surface area contributed by atoms with E-state index in [0.29, 0.717) is 6.42 Å². The van der Waals surface area contributed by atoms with Gasteiger partial charge in [-0.1, -0.05) is 20.3 Å². The van der Waals surface area contributed by atoms with Gasteiger partial charge in [0.05, 0.1) is 0 Å². The highest BCUT2D eigenvalue weighted by atomic mass is 16.4. The predicted octanol–water partition coefficient (Wildman–Crippen LogP) is 2.02. The van der Waals surface area contributed by atoms with E-state index in [1.807, 2.05) is 13.8 Å². The molecule has 1 unspecified atom stereocenters. The topological polar surface area (TPSA) is 49.3 Å². The number of hydrogen-bond donors (Lipinski definition) is 2. The molecule has 3 nitrogen and oxygen atoms in total. The Morgan fingerprint density at radius 2 is 2.14 bits per heavy atom. The lowest BCUT2D eigenvalue weighted by Gasteiger charge is -2.29. The zero-order chi connectivity index (χ0) is 10.6. The minimum atomic E-state index is -0.692. The van der Waals surface area contributed by atoms with Gasteiger partial charge in [-0.2, -0.15) is 0 Å². The maximum absolute atomic E-state index is 11.2. The molecular weight excluding hydrogens is 178 g/mol. The van der Waals surface area contributed by atoms with Crippen LogP contribution in [0, 0.1) is 5.92 Å². The Balaban J connectivity index is 2.50. The summed E-state index contributed by atoms with van der Waals surface area (Å²) in [6.45, 7) is 4.86. The van der Waals surface area contributed by atoms with Crippen molar-refractivity contribution in [2.45, 2.75) is 51.5 Å². The van der Waals surface area contributed by atoms with Crippen molar-refractivity contribution < 1.29 is 9.90 Å². The van der Waals surface area contributed by atoms with Crippen LogP contribution in [0.4, 0.5) is 0 Å². The number of nitrogens with one attached hydrogen (secondary N) is 1. The standard InChI is InChI=1S/C11H21NO2/c1-3-7-11(4-2,10(13)14)12-8-9-5-6-9/h9,12H,3-8H2,1-2H3,(H,13,14). The number of carboxylic acids is 1. The second-order valence-corrected chi connectivity index (χ2v) is 4.32. The summed E-state index contributed by atoms with van der Waals surface area (Å²) in [5.74, 6) is 0.0413. The number of hydrogen-bond acceptors (Lipinski definition) is 2. The van der Waals surface area contributed by atoms with Crippen molar-refractivity contribution in [1.82, 2.24) is 5.32 Å². The van der Waals surface area contributed by atoms with Gasteiger partial charge in [-0.15, -0.1) is 0 Å². The van der Waals surface area contributed by atoms with Crippen molar-refractivity contribution >= 4 is 5.97 Å². The van der Waals surface area contributed by atoms with Gasteiger partial charge in [0, 0.05) is 0 Å². The molecule has 1 saturated carbocycles. The van der Waals surface area contributed by atoms with Crippen LogP contribution in [0.1, 0.15) is 46.0 Å². The fourth-order valence-electron chi connectivity index (χ4n) is 1.81. The summed E-state index contributed by atoms with van der Waals surface area (Å²) in [5, 5.41) is 12.5. The highest BCUT2D eigenvalue weighted by molar-refractivity contribution is 5.78. The number of aliphatic carboxylic acids is 1. The van der Waals surface area contributed by atoms with Crippen molar-refractivity contribution in [3.05, 3.63) is 0 Å². The second kappa shape index (κ2) is 4.78. The summed E-state index contributed by atoms with van der Waals surface area (Å²) in [6.07, 6.45) is 4.84. The Morgan fingerprint density at radius 3 is 2.50 bits per heavy atom. The van der Waals surface area contributed by atoms with Gasteiger partial charge in [0.1, 0.15) is 5.54 Å². The van der Waals surface area contributed by atoms with Gasteiger partial charge >= 0.3 is 5.97 Å². The SMILES string of the molecule is CCCC(CC)(NCC1CC1)C(=O)O. The summed E-state index contributed by atoms with van der Waals surface area (Å²) in [4.78, 5) is 11.2. The van der Waals surface area contributed by atoms with Crippen molar-refractivity contribution in [2.24, 2.45) is 5.92 Å². The normalized spacial score (nSPS) is 20.4. The first-order chi connectivity index (χ1) is 6.64. The molecule has 0 spiro atoms. The van der Waals surface area contributed by atoms with E-state index in [-0.39, 0.29) is 0 Å². The first-order valence-corrected chi connectivity index (χ1v) is 5.63. The monoisotopic (exact) mass is 199 g/mol. The molecule has 0 aromatic carbocycles. The third-order valence-electron chi connectivity index (χ3n) is 3.12. The summed E-state index contributed by atoms with van der Waals surface area (Å²) >= 11 is 0. The zero-order valence-electron chi connectivity index (χ0n) is 9.18. The Labute approximate surface area is 85.9 Å². The van der Waals surface area contributed by atoms with E-state index in [1.54, 1.807) is 0 Å². The molecule has 1 atom stereocenters. The highest BCUT2D eigenvalue weighted by Gasteiger charge is 2.36. The molecule has 1 aliphatic rings. The van der Waals surface area contributed by atoms with Gasteiger partial charge in [-0.05, 0) is 38.1 Å². The first-order valence-electron chi connectivity index (χ1n) is 5.63. The van der Waals surface area contributed by atoms with Gasteiger partial charge < -0.3 is 10.4 Å². The van der Waals surface area contributed by atoms with Crippen molar-refractivity contribution in [3.63, 3.8) is 0 Å². The minimum Gasteiger partial charge on any atom is -0.480 e. The molecule has 0 amide bonds. The largest absolute Gasteiger partial charge is 0.480 e. The molecule has 0 heterocycles. The van der Waals surface area contributed by atoms with Crippen LogP contribution in [0.25, 0.3) is 0 Å². The highest BCUT2D eigenvalue weighted by Crippen LogP contribution is 2.29. The number of carbonyl (C=O) groups is 1. The summed E-state index contributed by atoms with van der Waals surface area (Å²) < 4.78 is 0. The Kier molecular flexibility index (Phi) is 3.93. The van der Waals surface area contributed by atoms with E-state index in [0.717, 1.165) is 25.3 Å². The second-order valence-electron chi connectivity index (χ2n) is 4.32. The lowest BCUT2D eigenvalue weighted by molar-refractivity contribution is -0.145. The first kappa shape index (κ1) is 11.5. The maximum Gasteiger partial charge on any atom is 0.323 e. The van der Waals surface area contributed by atoms with Crippen LogP contribution in [0.5, 0.6) is 0 Å².